The summed E-state index contributed by atoms with van der Waals surface area (Å²) in [7, 11) is 2.60. The number of aliphatic hydroxyl groups is 6. The fraction of sp³-hybridized carbons (Fsp3) is 0.556. The Bertz CT molecular complexity index is 1160. The van der Waals surface area contributed by atoms with E-state index >= 15 is 0 Å². The monoisotopic (exact) mass is 582 g/mol. The van der Waals surface area contributed by atoms with Crippen LogP contribution in [0.2, 0.25) is 0 Å². The van der Waals surface area contributed by atoms with Crippen LogP contribution in [0, 0.1) is 5.92 Å². The third kappa shape index (κ3) is 5.82. The van der Waals surface area contributed by atoms with Crippen LogP contribution < -0.4 is 4.74 Å². The maximum Gasteiger partial charge on any atom is 0.339 e. The molecule has 14 nitrogen and oxygen atoms in total. The van der Waals surface area contributed by atoms with E-state index in [9.17, 15) is 40.2 Å². The lowest BCUT2D eigenvalue weighted by Gasteiger charge is -2.46. The van der Waals surface area contributed by atoms with Gasteiger partial charge in [-0.2, -0.15) is 0 Å². The van der Waals surface area contributed by atoms with Crippen molar-refractivity contribution in [2.75, 3.05) is 20.8 Å². The highest BCUT2D eigenvalue weighted by Gasteiger charge is 2.69. The fourth-order valence-corrected chi connectivity index (χ4v) is 5.37. The highest BCUT2D eigenvalue weighted by molar-refractivity contribution is 5.91. The molecular weight excluding hydrogens is 548 g/mol. The molecule has 4 rings (SSSR count). The van der Waals surface area contributed by atoms with Crippen LogP contribution in [-0.4, -0.2) is 118 Å². The smallest absolute Gasteiger partial charge is 0.339 e. The minimum atomic E-state index is -2.21. The van der Waals surface area contributed by atoms with Gasteiger partial charge in [0.15, 0.2) is 6.29 Å². The largest absolute Gasteiger partial charge is 0.497 e. The lowest BCUT2D eigenvalue weighted by molar-refractivity contribution is -0.352. The molecule has 2 heterocycles. The topological polar surface area (TPSA) is 211 Å². The molecular formula is C27H34O14. The molecule has 226 valence electrons. The van der Waals surface area contributed by atoms with E-state index in [1.807, 2.05) is 0 Å². The van der Waals surface area contributed by atoms with E-state index in [-0.39, 0.29) is 5.57 Å². The van der Waals surface area contributed by atoms with Crippen LogP contribution in [0.4, 0.5) is 0 Å². The molecule has 2 aliphatic heterocycles. The predicted octanol–water partition coefficient (Wildman–Crippen LogP) is -1.65. The van der Waals surface area contributed by atoms with Crippen molar-refractivity contribution in [2.24, 2.45) is 5.92 Å². The van der Waals surface area contributed by atoms with Gasteiger partial charge in [-0.3, -0.25) is 0 Å². The van der Waals surface area contributed by atoms with Crippen LogP contribution in [-0.2, 0) is 33.3 Å². The minimum absolute atomic E-state index is 0.383. The molecule has 1 aromatic rings. The number of hydrogen-bond acceptors (Lipinski definition) is 14. The summed E-state index contributed by atoms with van der Waals surface area (Å²) < 4.78 is 31.9. The van der Waals surface area contributed by atoms with Crippen LogP contribution in [0.1, 0.15) is 18.9 Å². The van der Waals surface area contributed by atoms with Gasteiger partial charge in [0.05, 0.1) is 33.0 Å². The van der Waals surface area contributed by atoms with Crippen LogP contribution >= 0.6 is 0 Å². The summed E-state index contributed by atoms with van der Waals surface area (Å²) in [5.74, 6) is -2.74. The molecule has 1 aromatic carbocycles. The summed E-state index contributed by atoms with van der Waals surface area (Å²) in [6, 6.07) is 6.81. The first-order chi connectivity index (χ1) is 19.4. The zero-order chi connectivity index (χ0) is 30.1. The number of carbonyl (C=O) groups is 2. The second-order valence-corrected chi connectivity index (χ2v) is 10.2. The molecule has 2 fully saturated rings. The van der Waals surface area contributed by atoms with Gasteiger partial charge in [0, 0.05) is 12.5 Å². The summed E-state index contributed by atoms with van der Waals surface area (Å²) >= 11 is 0. The van der Waals surface area contributed by atoms with Crippen molar-refractivity contribution in [1.29, 1.82) is 0 Å². The molecule has 0 spiro atoms. The van der Waals surface area contributed by atoms with Gasteiger partial charge in [0.2, 0.25) is 6.29 Å². The molecule has 1 saturated carbocycles. The van der Waals surface area contributed by atoms with E-state index in [0.717, 1.165) is 19.4 Å². The Kier molecular flexibility index (Phi) is 9.06. The first-order valence-electron chi connectivity index (χ1n) is 12.7. The SMILES string of the molecule is COC(=O)C1=COC(OC2OC(CO)C(O)C(O)C2O)C2[C@@](C)(O)C(OC(=O)C=Cc3ccc(OC)cc3)C[C@]12O. The number of hydrogen-bond donors (Lipinski definition) is 6. The minimum Gasteiger partial charge on any atom is -0.497 e. The summed E-state index contributed by atoms with van der Waals surface area (Å²) in [5.41, 5.74) is -4.03. The van der Waals surface area contributed by atoms with E-state index in [4.69, 9.17) is 28.4 Å². The summed E-state index contributed by atoms with van der Waals surface area (Å²) in [4.78, 5) is 25.3. The molecule has 0 amide bonds. The van der Waals surface area contributed by atoms with Gasteiger partial charge < -0.3 is 59.1 Å². The van der Waals surface area contributed by atoms with Crippen molar-refractivity contribution in [3.8, 4) is 5.75 Å². The van der Waals surface area contributed by atoms with Gasteiger partial charge >= 0.3 is 11.9 Å². The normalized spacial score (nSPS) is 38.5. The van der Waals surface area contributed by atoms with Crippen molar-refractivity contribution in [3.05, 3.63) is 47.7 Å². The number of carbonyl (C=O) groups excluding carboxylic acids is 2. The molecule has 8 unspecified atom stereocenters. The van der Waals surface area contributed by atoms with Gasteiger partial charge in [0.25, 0.3) is 0 Å². The summed E-state index contributed by atoms with van der Waals surface area (Å²) in [6.07, 6.45) is -8.29. The lowest BCUT2D eigenvalue weighted by atomic mass is 9.77. The lowest BCUT2D eigenvalue weighted by Crippen LogP contribution is -2.62. The molecule has 6 N–H and O–H groups in total. The van der Waals surface area contributed by atoms with Crippen LogP contribution in [0.25, 0.3) is 6.08 Å². The van der Waals surface area contributed by atoms with E-state index in [1.54, 1.807) is 24.3 Å². The third-order valence-electron chi connectivity index (χ3n) is 7.66. The maximum absolute atomic E-state index is 12.7. The van der Waals surface area contributed by atoms with Gasteiger partial charge in [0.1, 0.15) is 53.0 Å². The van der Waals surface area contributed by atoms with E-state index in [1.165, 1.54) is 20.1 Å². The average molecular weight is 583 g/mol. The molecule has 0 bridgehead atoms. The zero-order valence-electron chi connectivity index (χ0n) is 22.5. The Balaban J connectivity index is 1.58. The van der Waals surface area contributed by atoms with E-state index < -0.39 is 85.2 Å². The van der Waals surface area contributed by atoms with Gasteiger partial charge in [-0.25, -0.2) is 9.59 Å². The Morgan fingerprint density at radius 1 is 1.05 bits per heavy atom. The number of ether oxygens (including phenoxy) is 6. The Morgan fingerprint density at radius 3 is 2.34 bits per heavy atom. The number of benzene rings is 1. The van der Waals surface area contributed by atoms with Crippen LogP contribution in [0.3, 0.4) is 0 Å². The molecule has 14 heteroatoms. The number of aliphatic hydroxyl groups excluding tert-OH is 4. The van der Waals surface area contributed by atoms with Crippen LogP contribution in [0.15, 0.2) is 42.2 Å². The predicted molar refractivity (Wildman–Crippen MR) is 135 cm³/mol. The van der Waals surface area contributed by atoms with Gasteiger partial charge in [-0.05, 0) is 30.7 Å². The van der Waals surface area contributed by atoms with Crippen molar-refractivity contribution >= 4 is 18.0 Å². The molecule has 3 aliphatic rings. The van der Waals surface area contributed by atoms with Crippen molar-refractivity contribution < 1.29 is 68.6 Å². The molecule has 10 atom stereocenters. The first kappa shape index (κ1) is 30.9. The van der Waals surface area contributed by atoms with E-state index in [0.29, 0.717) is 11.3 Å². The molecule has 1 aliphatic carbocycles. The second kappa shape index (κ2) is 12.0. The number of fused-ring (bicyclic) bond motifs is 1. The van der Waals surface area contributed by atoms with E-state index in [2.05, 4.69) is 0 Å². The summed E-state index contributed by atoms with van der Waals surface area (Å²) in [5, 5.41) is 63.4. The maximum atomic E-state index is 12.7. The van der Waals surface area contributed by atoms with Crippen LogP contribution in [0.5, 0.6) is 5.75 Å². The number of methoxy groups -OCH3 is 2. The molecule has 41 heavy (non-hydrogen) atoms. The highest BCUT2D eigenvalue weighted by atomic mass is 16.8. The Morgan fingerprint density at radius 2 is 1.73 bits per heavy atom. The molecule has 0 aromatic heterocycles. The number of rotatable bonds is 8. The van der Waals surface area contributed by atoms with Crippen molar-refractivity contribution in [2.45, 2.75) is 67.6 Å². The molecule has 0 radical (unpaired) electrons. The standard InChI is InChI=1S/C27H34O14/c1-26(34)17(40-18(29)9-6-13-4-7-14(36-2)8-5-13)10-27(35)15(23(33)37-3)12-38-25(22(26)27)41-24-21(32)20(31)19(30)16(11-28)39-24/h4-9,12,16-17,19-22,24-25,28,30-32,34-35H,10-11H2,1-3H3/t16?,17?,19?,20?,21?,22?,24?,25?,26-,27-/m0/s1. The molecule has 1 saturated heterocycles. The van der Waals surface area contributed by atoms with Gasteiger partial charge in [-0.1, -0.05) is 12.1 Å². The van der Waals surface area contributed by atoms with Gasteiger partial charge in [-0.15, -0.1) is 0 Å². The summed E-state index contributed by atoms with van der Waals surface area (Å²) in [6.45, 7) is 0.518. The number of esters is 2. The second-order valence-electron chi connectivity index (χ2n) is 10.2. The first-order valence-corrected chi connectivity index (χ1v) is 12.7. The van der Waals surface area contributed by atoms with Crippen molar-refractivity contribution in [1.82, 2.24) is 0 Å². The zero-order valence-corrected chi connectivity index (χ0v) is 22.5. The van der Waals surface area contributed by atoms with Crippen molar-refractivity contribution in [3.63, 3.8) is 0 Å². The Labute approximate surface area is 234 Å². The quantitative estimate of drug-likeness (QED) is 0.150. The third-order valence-corrected chi connectivity index (χ3v) is 7.66. The fourth-order valence-electron chi connectivity index (χ4n) is 5.37. The average Bonchev–Trinajstić information content (AvgIpc) is 3.16. The Hall–Kier alpha value is -3.08. The highest BCUT2D eigenvalue weighted by Crippen LogP contribution is 2.53.